The first-order chi connectivity index (χ1) is 49.8. The van der Waals surface area contributed by atoms with Crippen molar-refractivity contribution in [3.05, 3.63) is 0 Å². The van der Waals surface area contributed by atoms with E-state index in [1.807, 2.05) is 90.0 Å². The van der Waals surface area contributed by atoms with E-state index in [0.29, 0.717) is 61.9 Å². The van der Waals surface area contributed by atoms with Crippen LogP contribution in [-0.2, 0) is 85.8 Å². The van der Waals surface area contributed by atoms with Crippen molar-refractivity contribution in [3.8, 4) is 0 Å². The van der Waals surface area contributed by atoms with Gasteiger partial charge < -0.3 is 43.0 Å². The van der Waals surface area contributed by atoms with Crippen molar-refractivity contribution in [2.45, 2.75) is 467 Å². The smallest absolute Gasteiger partial charge is 0.347 e. The SMILES string of the molecule is C.C.C.C.C.C.C.C.C.C.C.C.CCC(C)(C)C(=O)N1C(=O)C2CCCC21.CCC(C)(C)C(=O)OC1(C(C)C)C2CC3CC(C2)CC1C3.CCC(C)(C)C(=O)OC12CC3CC(CC(O)(C3)C1)C2.CCC(C)(C)C(=O)OC1CCOC1=O.CCC(C)(C)C(=O)OCC(=O)OC1C2CC3C(=O)OC1C3C2.CCC1(OC(=O)C(C)(C)CC)CCCCC1. The van der Waals surface area contributed by atoms with Crippen molar-refractivity contribution in [1.82, 2.24) is 4.90 Å². The van der Waals surface area contributed by atoms with Crippen LogP contribution in [0.2, 0.25) is 0 Å². The van der Waals surface area contributed by atoms with Crippen molar-refractivity contribution >= 4 is 59.6 Å². The lowest BCUT2D eigenvalue weighted by Crippen LogP contribution is -2.63. The van der Waals surface area contributed by atoms with Crippen LogP contribution in [0.4, 0.5) is 0 Å². The van der Waals surface area contributed by atoms with Gasteiger partial charge in [-0.2, -0.15) is 0 Å². The maximum atomic E-state index is 12.8. The number of rotatable bonds is 21. The molecule has 15 rings (SSSR count). The molecule has 0 aromatic carbocycles. The number of carbonyl (C=O) groups is 10. The van der Waals surface area contributed by atoms with Gasteiger partial charge in [-0.25, -0.2) is 9.59 Å². The van der Waals surface area contributed by atoms with Gasteiger partial charge in [-0.1, -0.05) is 178 Å². The molecular weight excluding hydrogens is 1510 g/mol. The number of fused-ring (bicyclic) bond motifs is 2. The quantitative estimate of drug-likeness (QED) is 0.0635. The molecule has 12 aliphatic carbocycles. The monoisotopic (exact) mass is 1700 g/mol. The molecular formula is C99H189NO19. The van der Waals surface area contributed by atoms with Crippen molar-refractivity contribution in [2.75, 3.05) is 13.2 Å². The average molecular weight is 1700 g/mol. The Hall–Kier alpha value is -5.14. The molecule has 0 aromatic rings. The zero-order valence-electron chi connectivity index (χ0n) is 69.8. The predicted molar refractivity (Wildman–Crippen MR) is 485 cm³/mol. The first-order valence-corrected chi connectivity index (χ1v) is 42.0. The minimum atomic E-state index is -0.687. The van der Waals surface area contributed by atoms with E-state index in [0.717, 1.165) is 115 Å². The highest BCUT2D eigenvalue weighted by Gasteiger charge is 2.65. The largest absolute Gasteiger partial charge is 0.463 e. The zero-order valence-corrected chi connectivity index (χ0v) is 69.8. The normalized spacial score (nSPS) is 30.1. The van der Waals surface area contributed by atoms with Gasteiger partial charge in [-0.3, -0.25) is 43.3 Å². The number of hydrogen-bond donors (Lipinski definition) is 1. The van der Waals surface area contributed by atoms with Gasteiger partial charge in [-0.15, -0.1) is 0 Å². The summed E-state index contributed by atoms with van der Waals surface area (Å²) >= 11 is 0. The highest BCUT2D eigenvalue weighted by Crippen LogP contribution is 2.63. The molecule has 10 unspecified atom stereocenters. The molecule has 0 aromatic heterocycles. The van der Waals surface area contributed by atoms with Gasteiger partial charge in [0.05, 0.1) is 57.2 Å². The van der Waals surface area contributed by atoms with Gasteiger partial charge in [0, 0.05) is 30.1 Å². The second-order valence-electron chi connectivity index (χ2n) is 39.3. The Morgan fingerprint density at radius 2 is 0.924 bits per heavy atom. The van der Waals surface area contributed by atoms with Crippen LogP contribution in [0.3, 0.4) is 0 Å². The minimum absolute atomic E-state index is 0. The number of ether oxygens (including phenoxy) is 8. The molecule has 15 aliphatic rings. The Morgan fingerprint density at radius 3 is 1.36 bits per heavy atom. The molecule has 0 radical (unpaired) electrons. The van der Waals surface area contributed by atoms with Crippen LogP contribution in [0.15, 0.2) is 0 Å². The fourth-order valence-electron chi connectivity index (χ4n) is 19.8. The molecule has 3 heterocycles. The number of aliphatic hydroxyl groups is 1. The van der Waals surface area contributed by atoms with Gasteiger partial charge in [0.1, 0.15) is 29.0 Å². The third-order valence-electron chi connectivity index (χ3n) is 29.0. The summed E-state index contributed by atoms with van der Waals surface area (Å²) in [4.78, 5) is 121. The zero-order chi connectivity index (χ0) is 79.6. The first kappa shape index (κ1) is 122. The number of β-lactam (4-membered cyclic amide) rings is 1. The third-order valence-corrected chi connectivity index (χ3v) is 29.0. The van der Waals surface area contributed by atoms with Gasteiger partial charge in [-0.05, 0) is 271 Å². The lowest BCUT2D eigenvalue weighted by Gasteiger charge is -2.62. The number of carbonyl (C=O) groups excluding carboxylic acids is 10. The highest BCUT2D eigenvalue weighted by molar-refractivity contribution is 6.04. The Labute approximate surface area is 730 Å². The van der Waals surface area contributed by atoms with Crippen LogP contribution in [0.25, 0.3) is 0 Å². The summed E-state index contributed by atoms with van der Waals surface area (Å²) < 4.78 is 43.8. The molecule has 15 fully saturated rings. The molecule has 20 heteroatoms. The Bertz CT molecular complexity index is 3140. The van der Waals surface area contributed by atoms with E-state index in [4.69, 9.17) is 37.9 Å². The van der Waals surface area contributed by atoms with Gasteiger partial charge in [0.2, 0.25) is 17.9 Å². The van der Waals surface area contributed by atoms with E-state index < -0.39 is 45.9 Å². The van der Waals surface area contributed by atoms with Crippen LogP contribution in [0.1, 0.15) is 421 Å². The number of hydrogen-bond acceptors (Lipinski definition) is 19. The standard InChI is InChI=1S/C19H32O2.C16H22O6.C16H26O3.C14H26O2.C12H19NO2.C10H16O4.12CH4/c1-6-18(4,5)17(20)21-19(12(2)3)15-8-13-7-14(10-15)11-16(19)9-13;1-4-16(2,3)15(19)20-7-11(17)21-12-8-5-9-10(6-8)14(18)22-13(9)12;1-4-14(2,3)13(17)19-16-8-11-5-12(9-16)7-15(18,6-11)10-16;1-5-13(3,4)12(15)16-14(6-2)10-8-7-9-11-14;1-4-12(2,3)11(15)13-9-7-5-6-8(9)10(13)14;1-4-10(2,3)9(12)14-7-5-6-13-8(7)11;;;;;;;;;;;;/h12-16H,6-11H2,1-5H3;8-10,12-13H,4-7H2,1-3H3;11-12,18H,4-10H2,1-3H3;5-11H2,1-4H3;8-9H,4-7H2,1-3H3;7H,4-6H2,1-3H3;12*1H4. The summed E-state index contributed by atoms with van der Waals surface area (Å²) in [6.45, 7) is 41.5. The molecule has 3 saturated heterocycles. The second-order valence-corrected chi connectivity index (χ2v) is 39.3. The number of esters is 8. The number of imide groups is 1. The molecule has 20 nitrogen and oxygen atoms in total. The van der Waals surface area contributed by atoms with Crippen LogP contribution < -0.4 is 0 Å². The molecule has 10 atom stereocenters. The lowest BCUT2D eigenvalue weighted by atomic mass is 9.47. The number of likely N-dealkylation sites (tertiary alicyclic amines) is 1. The second kappa shape index (κ2) is 47.8. The summed E-state index contributed by atoms with van der Waals surface area (Å²) in [6.07, 6.45) is 27.4. The molecule has 1 N–H and O–H groups in total. The van der Waals surface area contributed by atoms with Gasteiger partial charge >= 0.3 is 47.8 Å². The van der Waals surface area contributed by atoms with Crippen molar-refractivity contribution < 1.29 is 90.9 Å². The predicted octanol–water partition coefficient (Wildman–Crippen LogP) is 24.3. The van der Waals surface area contributed by atoms with E-state index in [-0.39, 0.29) is 212 Å². The van der Waals surface area contributed by atoms with E-state index in [1.54, 1.807) is 27.7 Å². The molecule has 3 aliphatic heterocycles. The average Bonchev–Trinajstić information content (AvgIpc) is 1.73. The molecule has 10 bridgehead atoms. The molecule has 2 amide bonds. The van der Waals surface area contributed by atoms with E-state index in [1.165, 1.54) is 62.7 Å². The van der Waals surface area contributed by atoms with E-state index in [2.05, 4.69) is 27.7 Å². The van der Waals surface area contributed by atoms with E-state index >= 15 is 0 Å². The number of amides is 2. The van der Waals surface area contributed by atoms with Crippen LogP contribution in [0, 0.1) is 97.6 Å². The van der Waals surface area contributed by atoms with Crippen LogP contribution in [-0.4, -0.2) is 130 Å². The minimum Gasteiger partial charge on any atom is -0.463 e. The van der Waals surface area contributed by atoms with Crippen molar-refractivity contribution in [3.63, 3.8) is 0 Å². The van der Waals surface area contributed by atoms with Gasteiger partial charge in [0.15, 0.2) is 6.61 Å². The summed E-state index contributed by atoms with van der Waals surface area (Å²) in [7, 11) is 0. The summed E-state index contributed by atoms with van der Waals surface area (Å²) in [5, 5.41) is 10.6. The Kier molecular flexibility index (Phi) is 49.2. The maximum Gasteiger partial charge on any atom is 0.347 e. The van der Waals surface area contributed by atoms with Gasteiger partial charge in [0.25, 0.3) is 0 Å². The molecule has 119 heavy (non-hydrogen) atoms. The number of cyclic esters (lactones) is 1. The van der Waals surface area contributed by atoms with Crippen LogP contribution in [0.5, 0.6) is 0 Å². The molecule has 704 valence electrons. The van der Waals surface area contributed by atoms with Crippen molar-refractivity contribution in [1.29, 1.82) is 0 Å². The topological polar surface area (TPSA) is 268 Å². The summed E-state index contributed by atoms with van der Waals surface area (Å²) in [5.41, 5.74) is -3.85. The Morgan fingerprint density at radius 1 is 0.479 bits per heavy atom. The highest BCUT2D eigenvalue weighted by atomic mass is 16.6. The fourth-order valence-corrected chi connectivity index (χ4v) is 19.8. The third kappa shape index (κ3) is 27.2. The fraction of sp³-hybridized carbons (Fsp3) is 0.899. The van der Waals surface area contributed by atoms with E-state index in [9.17, 15) is 53.1 Å². The Balaban J connectivity index is -0.000000431. The summed E-state index contributed by atoms with van der Waals surface area (Å²) in [6, 6.07) is 0.232. The molecule has 12 saturated carbocycles. The number of nitrogens with zero attached hydrogens (tertiary/aromatic N) is 1. The first-order valence-electron chi connectivity index (χ1n) is 42.0. The van der Waals surface area contributed by atoms with Crippen molar-refractivity contribution in [2.24, 2.45) is 97.6 Å². The van der Waals surface area contributed by atoms with Crippen LogP contribution >= 0.6 is 0 Å². The maximum absolute atomic E-state index is 12.8. The summed E-state index contributed by atoms with van der Waals surface area (Å²) in [5.74, 6) is 3.30. The lowest BCUT2D eigenvalue weighted by molar-refractivity contribution is -0.231. The molecule has 0 spiro atoms.